The number of pyridine rings is 1. The number of aliphatic hydroxyl groups is 1. The Hall–Kier alpha value is -3.66. The van der Waals surface area contributed by atoms with E-state index in [1.807, 2.05) is 11.8 Å². The van der Waals surface area contributed by atoms with Crippen molar-refractivity contribution in [3.63, 3.8) is 0 Å². The Morgan fingerprint density at radius 3 is 2.48 bits per heavy atom. The Bertz CT molecular complexity index is 1110. The van der Waals surface area contributed by atoms with Crippen LogP contribution < -0.4 is 15.0 Å². The van der Waals surface area contributed by atoms with E-state index in [-0.39, 0.29) is 11.7 Å². The van der Waals surface area contributed by atoms with Crippen LogP contribution in [-0.4, -0.2) is 51.3 Å². The molecule has 172 valence electrons. The molecule has 2 aromatic heterocycles. The topological polar surface area (TPSA) is 100 Å². The van der Waals surface area contributed by atoms with Gasteiger partial charge in [-0.25, -0.2) is 15.0 Å². The first-order valence-corrected chi connectivity index (χ1v) is 10.4. The average Bonchev–Trinajstić information content (AvgIpc) is 3.12. The van der Waals surface area contributed by atoms with Crippen molar-refractivity contribution >= 4 is 17.4 Å². The van der Waals surface area contributed by atoms with Crippen LogP contribution in [0.2, 0.25) is 0 Å². The lowest BCUT2D eigenvalue weighted by Gasteiger charge is -2.21. The number of aliphatic hydroxyl groups excluding tert-OH is 1. The first-order chi connectivity index (χ1) is 15.7. The van der Waals surface area contributed by atoms with Crippen LogP contribution in [0.5, 0.6) is 5.75 Å². The number of β-amino-alcohol motifs (C(OH)–C–C–N with tert-alkyl or cyclic N) is 1. The second-order valence-electron chi connectivity index (χ2n) is 8.06. The summed E-state index contributed by atoms with van der Waals surface area (Å²) in [7, 11) is 0. The van der Waals surface area contributed by atoms with Crippen LogP contribution in [0.4, 0.5) is 20.3 Å². The van der Waals surface area contributed by atoms with Crippen LogP contribution in [0.15, 0.2) is 55.2 Å². The lowest BCUT2D eigenvalue weighted by atomic mass is 10.1. The smallest absolute Gasteiger partial charge is 0.394 e. The minimum absolute atomic E-state index is 0.0140. The molecule has 1 aromatic carbocycles. The maximum Gasteiger partial charge on any atom is 0.394 e. The SMILES string of the molecule is C[C@@H]1CN(c2ncc(C(=O)Nc3ccc(OC(C)(F)F)cc3)cc2-c2cncnc2)C[C@@H]1O. The highest BCUT2D eigenvalue weighted by atomic mass is 19.3. The van der Waals surface area contributed by atoms with E-state index in [2.05, 4.69) is 25.0 Å². The molecule has 8 nitrogen and oxygen atoms in total. The van der Waals surface area contributed by atoms with Gasteiger partial charge in [0.1, 0.15) is 17.9 Å². The van der Waals surface area contributed by atoms with E-state index in [9.17, 15) is 18.7 Å². The van der Waals surface area contributed by atoms with Crippen LogP contribution >= 0.6 is 0 Å². The van der Waals surface area contributed by atoms with Crippen molar-refractivity contribution in [2.24, 2.45) is 5.92 Å². The summed E-state index contributed by atoms with van der Waals surface area (Å²) in [4.78, 5) is 27.5. The Morgan fingerprint density at radius 1 is 1.18 bits per heavy atom. The Morgan fingerprint density at radius 2 is 1.88 bits per heavy atom. The Balaban J connectivity index is 1.58. The lowest BCUT2D eigenvalue weighted by Crippen LogP contribution is -2.23. The number of nitrogens with one attached hydrogen (secondary N) is 1. The van der Waals surface area contributed by atoms with Gasteiger partial charge < -0.3 is 20.1 Å². The van der Waals surface area contributed by atoms with E-state index in [0.29, 0.717) is 48.2 Å². The molecule has 0 bridgehead atoms. The quantitative estimate of drug-likeness (QED) is 0.586. The van der Waals surface area contributed by atoms with E-state index >= 15 is 0 Å². The van der Waals surface area contributed by atoms with E-state index in [0.717, 1.165) is 0 Å². The monoisotopic (exact) mass is 455 g/mol. The summed E-state index contributed by atoms with van der Waals surface area (Å²) in [5, 5.41) is 12.9. The number of aromatic nitrogens is 3. The van der Waals surface area contributed by atoms with Gasteiger partial charge in [0, 0.05) is 61.3 Å². The number of amides is 1. The molecular formula is C23H23F2N5O3. The third kappa shape index (κ3) is 5.40. The summed E-state index contributed by atoms with van der Waals surface area (Å²) >= 11 is 0. The number of halogens is 2. The van der Waals surface area contributed by atoms with Crippen molar-refractivity contribution in [1.29, 1.82) is 0 Å². The van der Waals surface area contributed by atoms with Crippen LogP contribution in [0.1, 0.15) is 24.2 Å². The molecule has 0 spiro atoms. The van der Waals surface area contributed by atoms with Crippen molar-refractivity contribution in [2.75, 3.05) is 23.3 Å². The van der Waals surface area contributed by atoms with Crippen LogP contribution in [0.3, 0.4) is 0 Å². The molecule has 4 rings (SSSR count). The molecule has 1 fully saturated rings. The zero-order chi connectivity index (χ0) is 23.6. The van der Waals surface area contributed by atoms with E-state index in [4.69, 9.17) is 0 Å². The number of hydrogen-bond donors (Lipinski definition) is 2. The Labute approximate surface area is 189 Å². The van der Waals surface area contributed by atoms with Crippen molar-refractivity contribution in [3.8, 4) is 16.9 Å². The van der Waals surface area contributed by atoms with Crippen LogP contribution in [0.25, 0.3) is 11.1 Å². The zero-order valence-corrected chi connectivity index (χ0v) is 18.1. The lowest BCUT2D eigenvalue weighted by molar-refractivity contribution is -0.158. The number of rotatable bonds is 6. The molecule has 0 unspecified atom stereocenters. The molecule has 1 saturated heterocycles. The average molecular weight is 455 g/mol. The first kappa shape index (κ1) is 22.5. The highest BCUT2D eigenvalue weighted by Gasteiger charge is 2.30. The maximum absolute atomic E-state index is 13.0. The van der Waals surface area contributed by atoms with Gasteiger partial charge >= 0.3 is 6.11 Å². The van der Waals surface area contributed by atoms with E-state index in [1.165, 1.54) is 36.8 Å². The number of hydrogen-bond acceptors (Lipinski definition) is 7. The molecule has 3 heterocycles. The predicted octanol–water partition coefficient (Wildman–Crippen LogP) is 3.60. The summed E-state index contributed by atoms with van der Waals surface area (Å²) in [6, 6.07) is 7.34. The molecule has 1 aliphatic rings. The molecule has 33 heavy (non-hydrogen) atoms. The fourth-order valence-corrected chi connectivity index (χ4v) is 3.62. The standard InChI is InChI=1S/C23H23F2N5O3/c1-14-11-30(12-20(14)31)21-19(16-8-26-13-27-9-16)7-15(10-28-21)22(32)29-17-3-5-18(6-4-17)33-23(2,24)25/h3-10,13-14,20,31H,11-12H2,1-2H3,(H,29,32)/t14-,20+/m1/s1. The fraction of sp³-hybridized carbons (Fsp3) is 0.304. The predicted molar refractivity (Wildman–Crippen MR) is 118 cm³/mol. The molecular weight excluding hydrogens is 432 g/mol. The summed E-state index contributed by atoms with van der Waals surface area (Å²) in [5.74, 6) is 0.289. The molecule has 3 aromatic rings. The van der Waals surface area contributed by atoms with Gasteiger partial charge in [0.15, 0.2) is 0 Å². The second kappa shape index (κ2) is 9.07. The van der Waals surface area contributed by atoms with E-state index in [1.54, 1.807) is 18.5 Å². The van der Waals surface area contributed by atoms with Crippen molar-refractivity contribution in [1.82, 2.24) is 15.0 Å². The molecule has 10 heteroatoms. The second-order valence-corrected chi connectivity index (χ2v) is 8.06. The normalized spacial score (nSPS) is 18.3. The molecule has 2 N–H and O–H groups in total. The number of carbonyl (C=O) groups excluding carboxylic acids is 1. The summed E-state index contributed by atoms with van der Waals surface area (Å²) < 4.78 is 30.5. The summed E-state index contributed by atoms with van der Waals surface area (Å²) in [6.45, 7) is 3.69. The highest BCUT2D eigenvalue weighted by Crippen LogP contribution is 2.33. The molecule has 0 aliphatic carbocycles. The molecule has 0 radical (unpaired) electrons. The molecule has 1 aliphatic heterocycles. The minimum Gasteiger partial charge on any atom is -0.433 e. The maximum atomic E-state index is 13.0. The van der Waals surface area contributed by atoms with Crippen molar-refractivity contribution in [2.45, 2.75) is 26.1 Å². The van der Waals surface area contributed by atoms with Gasteiger partial charge in [-0.05, 0) is 30.3 Å². The highest BCUT2D eigenvalue weighted by molar-refractivity contribution is 6.05. The summed E-state index contributed by atoms with van der Waals surface area (Å²) in [5.41, 5.74) is 2.06. The molecule has 0 saturated carbocycles. The van der Waals surface area contributed by atoms with E-state index < -0.39 is 18.1 Å². The third-order valence-corrected chi connectivity index (χ3v) is 5.28. The van der Waals surface area contributed by atoms with Gasteiger partial charge in [0.2, 0.25) is 0 Å². The van der Waals surface area contributed by atoms with Crippen molar-refractivity contribution in [3.05, 3.63) is 60.8 Å². The van der Waals surface area contributed by atoms with Gasteiger partial charge in [-0.15, -0.1) is 0 Å². The zero-order valence-electron chi connectivity index (χ0n) is 18.1. The number of ether oxygens (including phenoxy) is 1. The number of nitrogens with zero attached hydrogens (tertiary/aromatic N) is 4. The fourth-order valence-electron chi connectivity index (χ4n) is 3.62. The largest absolute Gasteiger partial charge is 0.433 e. The third-order valence-electron chi connectivity index (χ3n) is 5.28. The molecule has 1 amide bonds. The van der Waals surface area contributed by atoms with Gasteiger partial charge in [0.05, 0.1) is 11.7 Å². The van der Waals surface area contributed by atoms with Crippen LogP contribution in [0, 0.1) is 5.92 Å². The van der Waals surface area contributed by atoms with Crippen LogP contribution in [-0.2, 0) is 0 Å². The van der Waals surface area contributed by atoms with Gasteiger partial charge in [-0.1, -0.05) is 6.92 Å². The number of alkyl halides is 2. The first-order valence-electron chi connectivity index (χ1n) is 10.4. The number of anilines is 2. The van der Waals surface area contributed by atoms with Crippen molar-refractivity contribution < 1.29 is 23.4 Å². The Kier molecular flexibility index (Phi) is 6.19. The molecule has 2 atom stereocenters. The number of benzene rings is 1. The van der Waals surface area contributed by atoms with Gasteiger partial charge in [-0.3, -0.25) is 4.79 Å². The number of carbonyl (C=O) groups is 1. The summed E-state index contributed by atoms with van der Waals surface area (Å²) in [6.07, 6.45) is 2.38. The van der Waals surface area contributed by atoms with Gasteiger partial charge in [0.25, 0.3) is 5.91 Å². The minimum atomic E-state index is -3.29. The van der Waals surface area contributed by atoms with Gasteiger partial charge in [-0.2, -0.15) is 8.78 Å².